The van der Waals surface area contributed by atoms with Crippen LogP contribution in [0.3, 0.4) is 0 Å². The largest absolute Gasteiger partial charge is 0.506 e. The molecular formula is C28H26N2O6S. The Morgan fingerprint density at radius 3 is 2.54 bits per heavy atom. The number of nitrogens with zero attached hydrogens (tertiary/aromatic N) is 1. The summed E-state index contributed by atoms with van der Waals surface area (Å²) in [7, 11) is -4.06. The molecule has 2 N–H and O–H groups in total. The zero-order valence-electron chi connectivity index (χ0n) is 20.1. The lowest BCUT2D eigenvalue weighted by atomic mass is 9.85. The van der Waals surface area contributed by atoms with Crippen molar-refractivity contribution in [1.82, 2.24) is 0 Å². The molecule has 0 radical (unpaired) electrons. The summed E-state index contributed by atoms with van der Waals surface area (Å²) in [4.78, 5) is 25.9. The van der Waals surface area contributed by atoms with Crippen LogP contribution >= 0.6 is 0 Å². The van der Waals surface area contributed by atoms with Crippen LogP contribution in [0.2, 0.25) is 0 Å². The number of sulfonamides is 1. The molecule has 0 aliphatic heterocycles. The van der Waals surface area contributed by atoms with Crippen molar-refractivity contribution in [2.24, 2.45) is 5.92 Å². The summed E-state index contributed by atoms with van der Waals surface area (Å²) >= 11 is 0. The summed E-state index contributed by atoms with van der Waals surface area (Å²) in [5, 5.41) is 20.6. The molecule has 2 aliphatic carbocycles. The quantitative estimate of drug-likeness (QED) is 0.475. The molecule has 2 aromatic carbocycles. The highest BCUT2D eigenvalue weighted by atomic mass is 32.2. The van der Waals surface area contributed by atoms with E-state index >= 15 is 0 Å². The molecule has 190 valence electrons. The molecule has 2 aliphatic rings. The molecular weight excluding hydrogens is 492 g/mol. The Morgan fingerprint density at radius 1 is 1.03 bits per heavy atom. The Bertz CT molecular complexity index is 1580. The summed E-state index contributed by atoms with van der Waals surface area (Å²) in [5.41, 5.74) is 0.375. The molecule has 8 nitrogen and oxygen atoms in total. The van der Waals surface area contributed by atoms with Crippen molar-refractivity contribution in [3.63, 3.8) is 0 Å². The topological polar surface area (TPSA) is 137 Å². The fourth-order valence-electron chi connectivity index (χ4n) is 5.10. The van der Waals surface area contributed by atoms with E-state index in [2.05, 4.69) is 4.72 Å². The van der Waals surface area contributed by atoms with Crippen LogP contribution in [0.5, 0.6) is 5.75 Å². The summed E-state index contributed by atoms with van der Waals surface area (Å²) < 4.78 is 34.2. The van der Waals surface area contributed by atoms with Gasteiger partial charge in [0, 0.05) is 24.4 Å². The van der Waals surface area contributed by atoms with E-state index in [4.69, 9.17) is 4.42 Å². The van der Waals surface area contributed by atoms with Crippen LogP contribution in [0, 0.1) is 17.2 Å². The Hall–Kier alpha value is -3.90. The highest BCUT2D eigenvalue weighted by molar-refractivity contribution is 7.92. The Balaban J connectivity index is 1.56. The van der Waals surface area contributed by atoms with Crippen molar-refractivity contribution in [3.05, 3.63) is 87.0 Å². The number of anilines is 1. The van der Waals surface area contributed by atoms with Gasteiger partial charge in [-0.1, -0.05) is 30.7 Å². The molecule has 0 saturated heterocycles. The number of Topliss-reactive ketones (excluding diaryl/α,β-unsaturated/α-hetero) is 1. The normalized spacial score (nSPS) is 16.7. The van der Waals surface area contributed by atoms with Gasteiger partial charge in [0.15, 0.2) is 5.78 Å². The van der Waals surface area contributed by atoms with Crippen LogP contribution < -0.4 is 10.3 Å². The monoisotopic (exact) mass is 518 g/mol. The maximum Gasteiger partial charge on any atom is 0.343 e. The third-order valence-corrected chi connectivity index (χ3v) is 8.43. The lowest BCUT2D eigenvalue weighted by Gasteiger charge is -2.21. The maximum atomic E-state index is 13.2. The van der Waals surface area contributed by atoms with Gasteiger partial charge in [-0.25, -0.2) is 13.2 Å². The van der Waals surface area contributed by atoms with E-state index in [0.29, 0.717) is 12.0 Å². The minimum atomic E-state index is -4.06. The number of fused-ring (bicyclic) bond motifs is 1. The second kappa shape index (κ2) is 9.87. The van der Waals surface area contributed by atoms with E-state index in [1.807, 2.05) is 6.07 Å². The van der Waals surface area contributed by atoms with Crippen molar-refractivity contribution in [3.8, 4) is 11.8 Å². The van der Waals surface area contributed by atoms with Gasteiger partial charge < -0.3 is 9.52 Å². The van der Waals surface area contributed by atoms with E-state index in [0.717, 1.165) is 32.1 Å². The Kier molecular flexibility index (Phi) is 6.61. The number of rotatable bonds is 6. The van der Waals surface area contributed by atoms with Crippen LogP contribution in [0.1, 0.15) is 77.3 Å². The van der Waals surface area contributed by atoms with Crippen LogP contribution in [-0.4, -0.2) is 19.3 Å². The number of hydrogen-bond donors (Lipinski definition) is 2. The first-order valence-electron chi connectivity index (χ1n) is 12.3. The lowest BCUT2D eigenvalue weighted by molar-refractivity contribution is 0.0968. The van der Waals surface area contributed by atoms with Crippen LogP contribution in [0.15, 0.2) is 62.6 Å². The minimum absolute atomic E-state index is 0.0231. The Morgan fingerprint density at radius 2 is 1.78 bits per heavy atom. The van der Waals surface area contributed by atoms with E-state index < -0.39 is 21.6 Å². The molecule has 1 saturated carbocycles. The van der Waals surface area contributed by atoms with Crippen LogP contribution in [0.25, 0.3) is 0 Å². The van der Waals surface area contributed by atoms with Crippen molar-refractivity contribution in [2.75, 3.05) is 4.72 Å². The third kappa shape index (κ3) is 4.89. The predicted octanol–water partition coefficient (Wildman–Crippen LogP) is 4.86. The molecule has 5 rings (SSSR count). The lowest BCUT2D eigenvalue weighted by Crippen LogP contribution is -2.21. The first kappa shape index (κ1) is 24.8. The number of nitrogens with one attached hydrogen (secondary N) is 1. The number of aryl methyl sites for hydroxylation is 1. The molecule has 1 heterocycles. The third-order valence-electron chi connectivity index (χ3n) is 6.99. The molecule has 1 aromatic heterocycles. The smallest absolute Gasteiger partial charge is 0.343 e. The first-order valence-corrected chi connectivity index (χ1v) is 13.8. The average molecular weight is 519 g/mol. The molecule has 1 fully saturated rings. The molecule has 0 amide bonds. The van der Waals surface area contributed by atoms with Gasteiger partial charge >= 0.3 is 5.63 Å². The van der Waals surface area contributed by atoms with Gasteiger partial charge in [0.1, 0.15) is 22.5 Å². The van der Waals surface area contributed by atoms with E-state index in [-0.39, 0.29) is 56.9 Å². The molecule has 0 bridgehead atoms. The average Bonchev–Trinajstić information content (AvgIpc) is 3.70. The number of carbonyl (C=O) groups excluding carboxylic acids is 1. The maximum absolute atomic E-state index is 13.2. The van der Waals surface area contributed by atoms with Gasteiger partial charge in [-0.3, -0.25) is 9.52 Å². The standard InChI is InChI=1S/C28H26N2O6S/c29-16-19-7-4-5-12-23(19)37(34,35)30-20-9-6-8-18(15-20)24(17-13-14-17)26-27(32)25-21(31)10-2-1-3-11-22(25)36-28(26)33/h4-9,12,15,17,24,30,32H,1-3,10-11,13-14H2. The minimum Gasteiger partial charge on any atom is -0.506 e. The van der Waals surface area contributed by atoms with E-state index in [1.165, 1.54) is 12.1 Å². The van der Waals surface area contributed by atoms with Crippen LogP contribution in [0.4, 0.5) is 5.69 Å². The first-order chi connectivity index (χ1) is 17.8. The van der Waals surface area contributed by atoms with Crippen molar-refractivity contribution >= 4 is 21.5 Å². The second-order valence-electron chi connectivity index (χ2n) is 9.59. The molecule has 37 heavy (non-hydrogen) atoms. The van der Waals surface area contributed by atoms with Crippen LogP contribution in [-0.2, 0) is 16.4 Å². The van der Waals surface area contributed by atoms with Gasteiger partial charge in [0.2, 0.25) is 0 Å². The molecule has 9 heteroatoms. The number of aromatic hydroxyl groups is 1. The number of hydrogen-bond acceptors (Lipinski definition) is 7. The molecule has 0 spiro atoms. The zero-order chi connectivity index (χ0) is 26.2. The van der Waals surface area contributed by atoms with E-state index in [9.17, 15) is 28.4 Å². The molecule has 1 unspecified atom stereocenters. The number of benzene rings is 2. The van der Waals surface area contributed by atoms with Gasteiger partial charge in [0.25, 0.3) is 10.0 Å². The van der Waals surface area contributed by atoms with Crippen molar-refractivity contribution in [2.45, 2.75) is 55.8 Å². The zero-order valence-corrected chi connectivity index (χ0v) is 20.9. The summed E-state index contributed by atoms with van der Waals surface area (Å²) in [5.74, 6) is -0.825. The molecule has 3 aromatic rings. The van der Waals surface area contributed by atoms with Gasteiger partial charge in [-0.05, 0) is 61.4 Å². The van der Waals surface area contributed by atoms with Gasteiger partial charge in [-0.2, -0.15) is 5.26 Å². The SMILES string of the molecule is N#Cc1ccccc1S(=O)(=O)Nc1cccc(C(c2c(O)c3c(oc2=O)CCCCCC3=O)C2CC2)c1. The summed E-state index contributed by atoms with van der Waals surface area (Å²) in [6.07, 6.45) is 4.67. The highest BCUT2D eigenvalue weighted by Gasteiger charge is 2.39. The van der Waals surface area contributed by atoms with Crippen molar-refractivity contribution < 1.29 is 22.7 Å². The summed E-state index contributed by atoms with van der Waals surface area (Å²) in [6, 6.07) is 14.4. The predicted molar refractivity (Wildman–Crippen MR) is 136 cm³/mol. The second-order valence-corrected chi connectivity index (χ2v) is 11.2. The van der Waals surface area contributed by atoms with Crippen molar-refractivity contribution in [1.29, 1.82) is 5.26 Å². The fraction of sp³-hybridized carbons (Fsp3) is 0.321. The number of carbonyl (C=O) groups is 1. The fourth-order valence-corrected chi connectivity index (χ4v) is 6.30. The highest BCUT2D eigenvalue weighted by Crippen LogP contribution is 2.49. The van der Waals surface area contributed by atoms with E-state index in [1.54, 1.807) is 36.4 Å². The Labute approximate surface area is 214 Å². The number of ketones is 1. The summed E-state index contributed by atoms with van der Waals surface area (Å²) in [6.45, 7) is 0. The van der Waals surface area contributed by atoms with Gasteiger partial charge in [0.05, 0.1) is 16.7 Å². The molecule has 1 atom stereocenters. The van der Waals surface area contributed by atoms with Gasteiger partial charge in [-0.15, -0.1) is 0 Å². The number of nitriles is 1.